The second-order valence-electron chi connectivity index (χ2n) is 4.79. The van der Waals surface area contributed by atoms with E-state index in [9.17, 15) is 0 Å². The van der Waals surface area contributed by atoms with Crippen LogP contribution < -0.4 is 0 Å². The number of benzene rings is 1. The molecule has 0 spiro atoms. The van der Waals surface area contributed by atoms with Gasteiger partial charge in [0.05, 0.1) is 6.61 Å². The molecule has 0 saturated carbocycles. The van der Waals surface area contributed by atoms with Gasteiger partial charge in [-0.2, -0.15) is 0 Å². The van der Waals surface area contributed by atoms with E-state index < -0.39 is 0 Å². The largest absolute Gasteiger partial charge is 0.396 e. The van der Waals surface area contributed by atoms with Crippen LogP contribution in [0.4, 0.5) is 0 Å². The molecule has 5 nitrogen and oxygen atoms in total. The van der Waals surface area contributed by atoms with Gasteiger partial charge in [-0.3, -0.25) is 9.55 Å². The van der Waals surface area contributed by atoms with E-state index in [1.54, 1.807) is 12.4 Å². The highest BCUT2D eigenvalue weighted by atomic mass is 32.2. The van der Waals surface area contributed by atoms with Gasteiger partial charge in [0, 0.05) is 29.4 Å². The van der Waals surface area contributed by atoms with E-state index in [0.717, 1.165) is 22.2 Å². The van der Waals surface area contributed by atoms with Crippen molar-refractivity contribution in [2.75, 3.05) is 12.4 Å². The fourth-order valence-electron chi connectivity index (χ4n) is 2.11. The second-order valence-corrected chi connectivity index (χ2v) is 5.85. The maximum Gasteiger partial charge on any atom is 0.196 e. The van der Waals surface area contributed by atoms with E-state index in [-0.39, 0.29) is 6.61 Å². The van der Waals surface area contributed by atoms with Gasteiger partial charge in [-0.15, -0.1) is 10.2 Å². The van der Waals surface area contributed by atoms with E-state index in [2.05, 4.69) is 34.2 Å². The predicted molar refractivity (Wildman–Crippen MR) is 87.1 cm³/mol. The van der Waals surface area contributed by atoms with Crippen molar-refractivity contribution in [1.82, 2.24) is 19.7 Å². The average Bonchev–Trinajstić information content (AvgIpc) is 2.98. The molecule has 22 heavy (non-hydrogen) atoms. The predicted octanol–water partition coefficient (Wildman–Crippen LogP) is 2.72. The summed E-state index contributed by atoms with van der Waals surface area (Å²) in [4.78, 5) is 4.05. The molecular weight excluding hydrogens is 296 g/mol. The number of aliphatic hydroxyl groups excluding tert-OH is 1. The van der Waals surface area contributed by atoms with E-state index in [4.69, 9.17) is 5.11 Å². The van der Waals surface area contributed by atoms with Crippen LogP contribution in [-0.2, 0) is 0 Å². The molecule has 0 bridgehead atoms. The van der Waals surface area contributed by atoms with Crippen molar-refractivity contribution < 1.29 is 5.11 Å². The topological polar surface area (TPSA) is 63.8 Å². The number of pyridine rings is 1. The summed E-state index contributed by atoms with van der Waals surface area (Å²) < 4.78 is 2.01. The molecule has 0 amide bonds. The molecule has 3 aromatic rings. The third kappa shape index (κ3) is 3.03. The van der Waals surface area contributed by atoms with Gasteiger partial charge in [-0.05, 0) is 31.2 Å². The first-order chi connectivity index (χ1) is 10.8. The standard InChI is InChI=1S/C16H16N4OS/c1-12-2-4-14(5-3-12)20-15(13-6-8-17-9-7-13)18-19-16(20)22-11-10-21/h2-9,21H,10-11H2,1H3. The summed E-state index contributed by atoms with van der Waals surface area (Å²) in [7, 11) is 0. The molecule has 0 aliphatic carbocycles. The lowest BCUT2D eigenvalue weighted by Crippen LogP contribution is -2.00. The molecule has 1 aromatic carbocycles. The smallest absolute Gasteiger partial charge is 0.196 e. The number of thioether (sulfide) groups is 1. The van der Waals surface area contributed by atoms with Crippen LogP contribution in [0.3, 0.4) is 0 Å². The summed E-state index contributed by atoms with van der Waals surface area (Å²) in [6.07, 6.45) is 3.48. The van der Waals surface area contributed by atoms with Gasteiger partial charge in [-0.1, -0.05) is 29.5 Å². The second kappa shape index (κ2) is 6.72. The number of aryl methyl sites for hydroxylation is 1. The van der Waals surface area contributed by atoms with Crippen molar-refractivity contribution >= 4 is 11.8 Å². The molecule has 0 fully saturated rings. The lowest BCUT2D eigenvalue weighted by molar-refractivity contribution is 0.322. The van der Waals surface area contributed by atoms with E-state index in [1.165, 1.54) is 17.3 Å². The Labute approximate surface area is 133 Å². The Hall–Kier alpha value is -2.18. The summed E-state index contributed by atoms with van der Waals surface area (Å²) in [5, 5.41) is 18.4. The van der Waals surface area contributed by atoms with Crippen molar-refractivity contribution in [3.8, 4) is 17.1 Å². The number of hydrogen-bond donors (Lipinski definition) is 1. The van der Waals surface area contributed by atoms with Crippen LogP contribution >= 0.6 is 11.8 Å². The third-order valence-corrected chi connectivity index (χ3v) is 4.10. The molecule has 0 saturated heterocycles. The molecule has 0 aliphatic rings. The van der Waals surface area contributed by atoms with Crippen LogP contribution in [0.5, 0.6) is 0 Å². The van der Waals surface area contributed by atoms with Crippen LogP contribution in [0, 0.1) is 6.92 Å². The average molecular weight is 312 g/mol. The highest BCUT2D eigenvalue weighted by Crippen LogP contribution is 2.27. The number of hydrogen-bond acceptors (Lipinski definition) is 5. The highest BCUT2D eigenvalue weighted by molar-refractivity contribution is 7.99. The van der Waals surface area contributed by atoms with Gasteiger partial charge in [0.2, 0.25) is 0 Å². The van der Waals surface area contributed by atoms with Crippen LogP contribution in [0.2, 0.25) is 0 Å². The van der Waals surface area contributed by atoms with Crippen LogP contribution in [-0.4, -0.2) is 37.2 Å². The Balaban J connectivity index is 2.11. The van der Waals surface area contributed by atoms with Crippen molar-refractivity contribution in [1.29, 1.82) is 0 Å². The lowest BCUT2D eigenvalue weighted by atomic mass is 10.2. The Bertz CT molecular complexity index is 741. The normalized spacial score (nSPS) is 10.8. The molecule has 2 aromatic heterocycles. The number of aliphatic hydroxyl groups is 1. The molecule has 0 aliphatic heterocycles. The molecule has 0 unspecified atom stereocenters. The lowest BCUT2D eigenvalue weighted by Gasteiger charge is -2.10. The van der Waals surface area contributed by atoms with Gasteiger partial charge in [-0.25, -0.2) is 0 Å². The molecule has 6 heteroatoms. The minimum absolute atomic E-state index is 0.107. The first kappa shape index (κ1) is 14.7. The Kier molecular flexibility index (Phi) is 4.50. The van der Waals surface area contributed by atoms with Gasteiger partial charge >= 0.3 is 0 Å². The quantitative estimate of drug-likeness (QED) is 0.734. The summed E-state index contributed by atoms with van der Waals surface area (Å²) in [6.45, 7) is 2.16. The number of rotatable bonds is 5. The summed E-state index contributed by atoms with van der Waals surface area (Å²) >= 11 is 1.49. The Morgan fingerprint density at radius 1 is 1.05 bits per heavy atom. The molecule has 112 valence electrons. The van der Waals surface area contributed by atoms with Gasteiger partial charge in [0.25, 0.3) is 0 Å². The summed E-state index contributed by atoms with van der Waals surface area (Å²) in [5.74, 6) is 1.35. The van der Waals surface area contributed by atoms with Crippen LogP contribution in [0.15, 0.2) is 53.9 Å². The SMILES string of the molecule is Cc1ccc(-n2c(SCCO)nnc2-c2ccncc2)cc1. The highest BCUT2D eigenvalue weighted by Gasteiger charge is 2.15. The fourth-order valence-corrected chi connectivity index (χ4v) is 2.81. The zero-order valence-electron chi connectivity index (χ0n) is 12.2. The Morgan fingerprint density at radius 3 is 2.45 bits per heavy atom. The zero-order valence-corrected chi connectivity index (χ0v) is 13.0. The van der Waals surface area contributed by atoms with Gasteiger partial charge in [0.1, 0.15) is 0 Å². The van der Waals surface area contributed by atoms with Gasteiger partial charge in [0.15, 0.2) is 11.0 Å². The maximum atomic E-state index is 9.06. The van der Waals surface area contributed by atoms with E-state index >= 15 is 0 Å². The van der Waals surface area contributed by atoms with Crippen LogP contribution in [0.25, 0.3) is 17.1 Å². The Morgan fingerprint density at radius 2 is 1.77 bits per heavy atom. The first-order valence-electron chi connectivity index (χ1n) is 6.96. The van der Waals surface area contributed by atoms with Crippen molar-refractivity contribution in [2.24, 2.45) is 0 Å². The van der Waals surface area contributed by atoms with E-state index in [0.29, 0.717) is 5.75 Å². The maximum absolute atomic E-state index is 9.06. The number of aromatic nitrogens is 4. The minimum atomic E-state index is 0.107. The molecule has 2 heterocycles. The molecule has 3 rings (SSSR count). The minimum Gasteiger partial charge on any atom is -0.396 e. The summed E-state index contributed by atoms with van der Waals surface area (Å²) in [6, 6.07) is 12.0. The fraction of sp³-hybridized carbons (Fsp3) is 0.188. The zero-order chi connectivity index (χ0) is 15.4. The van der Waals surface area contributed by atoms with Crippen molar-refractivity contribution in [3.63, 3.8) is 0 Å². The molecular formula is C16H16N4OS. The van der Waals surface area contributed by atoms with E-state index in [1.807, 2.05) is 28.8 Å². The van der Waals surface area contributed by atoms with Crippen molar-refractivity contribution in [2.45, 2.75) is 12.1 Å². The molecule has 1 N–H and O–H groups in total. The van der Waals surface area contributed by atoms with Crippen molar-refractivity contribution in [3.05, 3.63) is 54.4 Å². The van der Waals surface area contributed by atoms with Gasteiger partial charge < -0.3 is 5.11 Å². The third-order valence-electron chi connectivity index (χ3n) is 3.19. The molecule has 0 radical (unpaired) electrons. The number of nitrogens with zero attached hydrogens (tertiary/aromatic N) is 4. The summed E-state index contributed by atoms with van der Waals surface area (Å²) in [5.41, 5.74) is 3.16. The van der Waals surface area contributed by atoms with Crippen LogP contribution in [0.1, 0.15) is 5.56 Å². The first-order valence-corrected chi connectivity index (χ1v) is 7.94. The monoisotopic (exact) mass is 312 g/mol. The molecule has 0 atom stereocenters.